The van der Waals surface area contributed by atoms with E-state index >= 15 is 0 Å². The van der Waals surface area contributed by atoms with Crippen LogP contribution >= 0.6 is 0 Å². The first-order chi connectivity index (χ1) is 26.9. The van der Waals surface area contributed by atoms with Crippen LogP contribution in [0.4, 0.5) is 0 Å². The molecule has 3 aromatic rings. The van der Waals surface area contributed by atoms with Crippen molar-refractivity contribution in [3.05, 3.63) is 64.0 Å². The zero-order valence-corrected chi connectivity index (χ0v) is 34.8. The van der Waals surface area contributed by atoms with Gasteiger partial charge in [0.05, 0.1) is 24.2 Å². The maximum atomic E-state index is 13.7. The van der Waals surface area contributed by atoms with Gasteiger partial charge in [0.1, 0.15) is 23.2 Å². The largest absolute Gasteiger partial charge is 0.490 e. The average Bonchev–Trinajstić information content (AvgIpc) is 3.41. The summed E-state index contributed by atoms with van der Waals surface area (Å²) in [4.78, 5) is 26.8. The van der Waals surface area contributed by atoms with Crippen molar-refractivity contribution >= 4 is 16.9 Å². The molecule has 7 heteroatoms. The zero-order chi connectivity index (χ0) is 39.2. The zero-order valence-electron chi connectivity index (χ0n) is 34.8. The third kappa shape index (κ3) is 7.65. The van der Waals surface area contributed by atoms with Gasteiger partial charge in [-0.3, -0.25) is 4.79 Å². The van der Waals surface area contributed by atoms with Gasteiger partial charge in [-0.25, -0.2) is 4.79 Å². The van der Waals surface area contributed by atoms with Gasteiger partial charge in [0.15, 0.2) is 18.1 Å². The van der Waals surface area contributed by atoms with Gasteiger partial charge in [0.2, 0.25) is 5.43 Å². The van der Waals surface area contributed by atoms with E-state index in [4.69, 9.17) is 23.4 Å². The second-order valence-corrected chi connectivity index (χ2v) is 19.2. The van der Waals surface area contributed by atoms with Gasteiger partial charge in [-0.05, 0) is 134 Å². The monoisotopic (exact) mass is 764 g/mol. The molecule has 3 saturated carbocycles. The first-order valence-corrected chi connectivity index (χ1v) is 21.9. The minimum absolute atomic E-state index is 0.121. The number of hydrogen-bond acceptors (Lipinski definition) is 7. The van der Waals surface area contributed by atoms with Crippen molar-refractivity contribution < 1.29 is 28.2 Å². The van der Waals surface area contributed by atoms with Gasteiger partial charge in [-0.2, -0.15) is 0 Å². The number of ether oxygens (including phenoxy) is 4. The predicted octanol–water partition coefficient (Wildman–Crippen LogP) is 11.7. The Balaban J connectivity index is 0.867. The van der Waals surface area contributed by atoms with Crippen LogP contribution in [0.15, 0.2) is 57.3 Å². The Morgan fingerprint density at radius 1 is 0.929 bits per heavy atom. The van der Waals surface area contributed by atoms with Gasteiger partial charge in [-0.1, -0.05) is 71.6 Å². The summed E-state index contributed by atoms with van der Waals surface area (Å²) in [7, 11) is 0. The van der Waals surface area contributed by atoms with Crippen molar-refractivity contribution in [1.82, 2.24) is 0 Å². The van der Waals surface area contributed by atoms with Gasteiger partial charge < -0.3 is 23.4 Å². The number of rotatable bonds is 10. The van der Waals surface area contributed by atoms with Crippen LogP contribution in [0.25, 0.3) is 22.1 Å². The summed E-state index contributed by atoms with van der Waals surface area (Å²) < 4.78 is 29.8. The molecular formula is C49H64O7. The molecule has 8 atom stereocenters. The summed E-state index contributed by atoms with van der Waals surface area (Å²) in [6, 6.07) is 10.6. The van der Waals surface area contributed by atoms with Crippen LogP contribution in [0.1, 0.15) is 124 Å². The van der Waals surface area contributed by atoms with Crippen molar-refractivity contribution in [3.8, 4) is 28.4 Å². The molecule has 5 aliphatic rings. The Hall–Kier alpha value is -3.74. The molecule has 0 amide bonds. The number of aryl methyl sites for hydroxylation is 1. The minimum Gasteiger partial charge on any atom is -0.490 e. The molecule has 0 N–H and O–H groups in total. The number of carbonyl (C=O) groups excluding carboxylic acids is 1. The van der Waals surface area contributed by atoms with Crippen LogP contribution in [0.2, 0.25) is 0 Å². The third-order valence-electron chi connectivity index (χ3n) is 15.1. The van der Waals surface area contributed by atoms with Crippen molar-refractivity contribution in [1.29, 1.82) is 0 Å². The first kappa shape index (κ1) is 39.1. The number of fused-ring (bicyclic) bond motifs is 7. The Bertz CT molecular complexity index is 2010. The molecule has 56 heavy (non-hydrogen) atoms. The van der Waals surface area contributed by atoms with E-state index in [1.54, 1.807) is 25.1 Å². The van der Waals surface area contributed by atoms with Crippen LogP contribution in [0, 0.1) is 53.3 Å². The van der Waals surface area contributed by atoms with E-state index in [1.165, 1.54) is 63.4 Å². The SMILES string of the molecule is Cc1oc2cc(OCC(=O)O[C@H]3CC[C@]4(C)C(=CC[C@H]5[C@H]6CC[C@@H]([C@@H](C)CCCC(C)C)C[C@]6(C)CC[C@H]54)C3)ccc2c(=O)c1-c1ccc2c(c1)OCCCO2. The van der Waals surface area contributed by atoms with Gasteiger partial charge in [-0.15, -0.1) is 0 Å². The smallest absolute Gasteiger partial charge is 0.344 e. The highest BCUT2D eigenvalue weighted by Crippen LogP contribution is 2.65. The molecule has 3 fully saturated rings. The molecule has 0 unspecified atom stereocenters. The van der Waals surface area contributed by atoms with E-state index < -0.39 is 0 Å². The summed E-state index contributed by atoms with van der Waals surface area (Å²) >= 11 is 0. The van der Waals surface area contributed by atoms with E-state index in [2.05, 4.69) is 40.7 Å². The van der Waals surface area contributed by atoms with Crippen LogP contribution < -0.4 is 19.6 Å². The molecule has 2 heterocycles. The standard InChI is InChI=1S/C49H64O7/c1-30(2)9-7-10-31(3)34-11-17-40-38-15-13-35-26-37(19-22-49(35,6)41(38)20-21-48(40,5)28-34)56-45(50)29-54-36-14-16-39-43(27-36)55-32(4)46(47(39)51)33-12-18-42-44(25-33)53-24-8-23-52-42/h12-14,16,18,25,27,30-31,34,37-38,40-41H,7-11,15,17,19-24,26,28-29H2,1-6H3/t31-,34+,37-,38-,40+,41+,48-,49+/m0/s1. The maximum absolute atomic E-state index is 13.7. The van der Waals surface area contributed by atoms with E-state index in [9.17, 15) is 9.59 Å². The molecule has 302 valence electrons. The summed E-state index contributed by atoms with van der Waals surface area (Å²) in [6.07, 6.45) is 18.3. The van der Waals surface area contributed by atoms with Crippen molar-refractivity contribution in [2.75, 3.05) is 19.8 Å². The van der Waals surface area contributed by atoms with Crippen molar-refractivity contribution in [3.63, 3.8) is 0 Å². The van der Waals surface area contributed by atoms with Crippen LogP contribution in [0.3, 0.4) is 0 Å². The van der Waals surface area contributed by atoms with Gasteiger partial charge in [0.25, 0.3) is 0 Å². The fraction of sp³-hybridized carbons (Fsp3) is 0.633. The molecule has 0 spiro atoms. The highest BCUT2D eigenvalue weighted by molar-refractivity contribution is 5.84. The van der Waals surface area contributed by atoms with E-state index in [1.807, 2.05) is 18.2 Å². The molecule has 7 nitrogen and oxygen atoms in total. The summed E-state index contributed by atoms with van der Waals surface area (Å²) in [5, 5.41) is 0.443. The molecule has 0 bridgehead atoms. The molecule has 1 aliphatic heterocycles. The lowest BCUT2D eigenvalue weighted by Gasteiger charge is -2.61. The summed E-state index contributed by atoms with van der Waals surface area (Å²) in [6.45, 7) is 15.2. The van der Waals surface area contributed by atoms with E-state index in [-0.39, 0.29) is 29.5 Å². The Kier molecular flexibility index (Phi) is 11.1. The van der Waals surface area contributed by atoms with E-state index in [0.29, 0.717) is 63.7 Å². The Labute approximate surface area is 333 Å². The van der Waals surface area contributed by atoms with Gasteiger partial charge >= 0.3 is 5.97 Å². The fourth-order valence-electron chi connectivity index (χ4n) is 12.0. The average molecular weight is 765 g/mol. The quantitative estimate of drug-likeness (QED) is 0.150. The number of esters is 1. The van der Waals surface area contributed by atoms with Crippen molar-refractivity contribution in [2.45, 2.75) is 131 Å². The summed E-state index contributed by atoms with van der Waals surface area (Å²) in [5.41, 5.74) is 3.69. The fourth-order valence-corrected chi connectivity index (χ4v) is 12.0. The van der Waals surface area contributed by atoms with E-state index in [0.717, 1.165) is 61.2 Å². The second kappa shape index (κ2) is 15.9. The molecule has 1 aromatic heterocycles. The molecule has 0 saturated heterocycles. The third-order valence-corrected chi connectivity index (χ3v) is 15.1. The Morgan fingerprint density at radius 2 is 1.75 bits per heavy atom. The summed E-state index contributed by atoms with van der Waals surface area (Å²) in [5.74, 6) is 6.79. The second-order valence-electron chi connectivity index (χ2n) is 19.2. The minimum atomic E-state index is -0.362. The topological polar surface area (TPSA) is 84.2 Å². The maximum Gasteiger partial charge on any atom is 0.344 e. The lowest BCUT2D eigenvalue weighted by atomic mass is 9.44. The number of allylic oxidation sites excluding steroid dienone is 1. The first-order valence-electron chi connectivity index (χ1n) is 21.9. The number of hydrogen-bond donors (Lipinski definition) is 0. The molecule has 2 aromatic carbocycles. The molecule has 4 aliphatic carbocycles. The number of benzene rings is 2. The number of carbonyl (C=O) groups is 1. The normalized spacial score (nSPS) is 30.3. The molecule has 0 radical (unpaired) electrons. The Morgan fingerprint density at radius 3 is 2.57 bits per heavy atom. The lowest BCUT2D eigenvalue weighted by Crippen LogP contribution is -2.52. The van der Waals surface area contributed by atoms with Crippen molar-refractivity contribution in [2.24, 2.45) is 46.3 Å². The molecule has 8 rings (SSSR count). The van der Waals surface area contributed by atoms with Crippen LogP contribution in [-0.2, 0) is 9.53 Å². The van der Waals surface area contributed by atoms with Crippen LogP contribution in [0.5, 0.6) is 17.2 Å². The lowest BCUT2D eigenvalue weighted by molar-refractivity contribution is -0.154. The van der Waals surface area contributed by atoms with Gasteiger partial charge in [0, 0.05) is 18.9 Å². The predicted molar refractivity (Wildman–Crippen MR) is 221 cm³/mol. The van der Waals surface area contributed by atoms with Crippen LogP contribution in [-0.4, -0.2) is 31.9 Å². The highest BCUT2D eigenvalue weighted by atomic mass is 16.6. The molecular weight excluding hydrogens is 701 g/mol. The highest BCUT2D eigenvalue weighted by Gasteiger charge is 2.56.